The van der Waals surface area contributed by atoms with Crippen molar-refractivity contribution in [1.82, 2.24) is 0 Å². The minimum atomic E-state index is 0.533. The van der Waals surface area contributed by atoms with Crippen molar-refractivity contribution in [2.45, 2.75) is 70.3 Å². The first-order valence-corrected chi connectivity index (χ1v) is 6.62. The van der Waals surface area contributed by atoms with Crippen LogP contribution in [0.2, 0.25) is 0 Å². The highest BCUT2D eigenvalue weighted by molar-refractivity contribution is 4.81. The molecule has 14 heavy (non-hydrogen) atoms. The molecule has 2 aliphatic rings. The standard InChI is InChI=1S/C13H25N/c14-13-9-5-4-8-12(13)10-11-6-2-1-3-7-11/h11-13H,1-10,14H2. The second-order valence-electron chi connectivity index (χ2n) is 5.45. The molecule has 0 aliphatic heterocycles. The molecule has 1 heteroatoms. The first-order valence-electron chi connectivity index (χ1n) is 6.62. The predicted molar refractivity (Wildman–Crippen MR) is 61.1 cm³/mol. The average molecular weight is 195 g/mol. The van der Waals surface area contributed by atoms with Crippen LogP contribution in [-0.4, -0.2) is 6.04 Å². The van der Waals surface area contributed by atoms with Gasteiger partial charge in [-0.2, -0.15) is 0 Å². The molecule has 2 aliphatic carbocycles. The minimum Gasteiger partial charge on any atom is -0.327 e. The largest absolute Gasteiger partial charge is 0.327 e. The van der Waals surface area contributed by atoms with Crippen LogP contribution in [0.15, 0.2) is 0 Å². The molecular formula is C13H25N. The summed E-state index contributed by atoms with van der Waals surface area (Å²) >= 11 is 0. The van der Waals surface area contributed by atoms with E-state index in [1.807, 2.05) is 0 Å². The summed E-state index contributed by atoms with van der Waals surface area (Å²) in [6, 6.07) is 0.533. The summed E-state index contributed by atoms with van der Waals surface area (Å²) in [5.74, 6) is 1.89. The molecule has 0 heterocycles. The van der Waals surface area contributed by atoms with Gasteiger partial charge in [0, 0.05) is 6.04 Å². The topological polar surface area (TPSA) is 26.0 Å². The van der Waals surface area contributed by atoms with Gasteiger partial charge in [0.25, 0.3) is 0 Å². The van der Waals surface area contributed by atoms with E-state index in [-0.39, 0.29) is 0 Å². The molecular weight excluding hydrogens is 170 g/mol. The molecule has 2 rings (SSSR count). The maximum atomic E-state index is 6.20. The van der Waals surface area contributed by atoms with Crippen molar-refractivity contribution in [2.24, 2.45) is 17.6 Å². The van der Waals surface area contributed by atoms with Gasteiger partial charge in [-0.25, -0.2) is 0 Å². The first kappa shape index (κ1) is 10.5. The monoisotopic (exact) mass is 195 g/mol. The van der Waals surface area contributed by atoms with Crippen LogP contribution in [0.1, 0.15) is 64.2 Å². The molecule has 0 radical (unpaired) electrons. The third-order valence-corrected chi connectivity index (χ3v) is 4.33. The van der Waals surface area contributed by atoms with Crippen LogP contribution in [0.4, 0.5) is 0 Å². The molecule has 0 spiro atoms. The molecule has 0 aromatic heterocycles. The van der Waals surface area contributed by atoms with Gasteiger partial charge in [-0.05, 0) is 31.1 Å². The molecule has 82 valence electrons. The Morgan fingerprint density at radius 1 is 0.786 bits per heavy atom. The van der Waals surface area contributed by atoms with Crippen LogP contribution in [0.25, 0.3) is 0 Å². The summed E-state index contributed by atoms with van der Waals surface area (Å²) in [4.78, 5) is 0. The van der Waals surface area contributed by atoms with Gasteiger partial charge >= 0.3 is 0 Å². The van der Waals surface area contributed by atoms with E-state index in [9.17, 15) is 0 Å². The second kappa shape index (κ2) is 5.16. The molecule has 0 bridgehead atoms. The van der Waals surface area contributed by atoms with Gasteiger partial charge in [0.05, 0.1) is 0 Å². The summed E-state index contributed by atoms with van der Waals surface area (Å²) in [5.41, 5.74) is 6.20. The predicted octanol–water partition coefficient (Wildman–Crippen LogP) is 3.47. The van der Waals surface area contributed by atoms with Crippen molar-refractivity contribution in [3.63, 3.8) is 0 Å². The van der Waals surface area contributed by atoms with Gasteiger partial charge < -0.3 is 5.73 Å². The molecule has 0 aromatic carbocycles. The van der Waals surface area contributed by atoms with Crippen molar-refractivity contribution >= 4 is 0 Å². The van der Waals surface area contributed by atoms with Crippen LogP contribution in [-0.2, 0) is 0 Å². The summed E-state index contributed by atoms with van der Waals surface area (Å²) < 4.78 is 0. The Bertz CT molecular complexity index is 161. The smallest absolute Gasteiger partial charge is 0.00672 e. The lowest BCUT2D eigenvalue weighted by Gasteiger charge is -2.33. The summed E-state index contributed by atoms with van der Waals surface area (Å²) in [6.07, 6.45) is 14.4. The van der Waals surface area contributed by atoms with Crippen LogP contribution >= 0.6 is 0 Å². The molecule has 2 atom stereocenters. The van der Waals surface area contributed by atoms with Gasteiger partial charge in [-0.3, -0.25) is 0 Å². The zero-order chi connectivity index (χ0) is 9.80. The molecule has 2 N–H and O–H groups in total. The summed E-state index contributed by atoms with van der Waals surface area (Å²) in [6.45, 7) is 0. The highest BCUT2D eigenvalue weighted by atomic mass is 14.7. The highest BCUT2D eigenvalue weighted by Gasteiger charge is 2.25. The second-order valence-corrected chi connectivity index (χ2v) is 5.45. The third kappa shape index (κ3) is 2.73. The van der Waals surface area contributed by atoms with Crippen molar-refractivity contribution in [3.05, 3.63) is 0 Å². The Kier molecular flexibility index (Phi) is 3.86. The number of nitrogens with two attached hydrogens (primary N) is 1. The van der Waals surface area contributed by atoms with E-state index >= 15 is 0 Å². The fourth-order valence-corrected chi connectivity index (χ4v) is 3.38. The van der Waals surface area contributed by atoms with E-state index in [1.165, 1.54) is 64.2 Å². The normalized spacial score (nSPS) is 35.8. The fraction of sp³-hybridized carbons (Fsp3) is 1.00. The summed E-state index contributed by atoms with van der Waals surface area (Å²) in [5, 5.41) is 0. The first-order chi connectivity index (χ1) is 6.86. The average Bonchev–Trinajstić information content (AvgIpc) is 2.23. The van der Waals surface area contributed by atoms with Gasteiger partial charge in [-0.1, -0.05) is 44.9 Å². The maximum Gasteiger partial charge on any atom is 0.00672 e. The van der Waals surface area contributed by atoms with E-state index in [0.717, 1.165) is 11.8 Å². The van der Waals surface area contributed by atoms with E-state index < -0.39 is 0 Å². The van der Waals surface area contributed by atoms with E-state index in [4.69, 9.17) is 5.73 Å². The molecule has 0 saturated heterocycles. The lowest BCUT2D eigenvalue weighted by molar-refractivity contribution is 0.221. The van der Waals surface area contributed by atoms with Gasteiger partial charge in [-0.15, -0.1) is 0 Å². The SMILES string of the molecule is NC1CCCCC1CC1CCCCC1. The van der Waals surface area contributed by atoms with E-state index in [1.54, 1.807) is 0 Å². The Morgan fingerprint density at radius 3 is 2.14 bits per heavy atom. The van der Waals surface area contributed by atoms with Gasteiger partial charge in [0.2, 0.25) is 0 Å². The zero-order valence-corrected chi connectivity index (χ0v) is 9.38. The number of rotatable bonds is 2. The maximum absolute atomic E-state index is 6.20. The van der Waals surface area contributed by atoms with Crippen LogP contribution in [0.5, 0.6) is 0 Å². The zero-order valence-electron chi connectivity index (χ0n) is 9.38. The number of hydrogen-bond donors (Lipinski definition) is 1. The summed E-state index contributed by atoms with van der Waals surface area (Å²) in [7, 11) is 0. The van der Waals surface area contributed by atoms with Crippen molar-refractivity contribution in [3.8, 4) is 0 Å². The minimum absolute atomic E-state index is 0.533. The van der Waals surface area contributed by atoms with E-state index in [2.05, 4.69) is 0 Å². The van der Waals surface area contributed by atoms with Gasteiger partial charge in [0.1, 0.15) is 0 Å². The van der Waals surface area contributed by atoms with E-state index in [0.29, 0.717) is 6.04 Å². The van der Waals surface area contributed by atoms with Crippen LogP contribution in [0.3, 0.4) is 0 Å². The quantitative estimate of drug-likeness (QED) is 0.717. The Hall–Kier alpha value is -0.0400. The molecule has 0 amide bonds. The van der Waals surface area contributed by atoms with Crippen LogP contribution in [0, 0.1) is 11.8 Å². The molecule has 2 saturated carbocycles. The van der Waals surface area contributed by atoms with Crippen molar-refractivity contribution in [2.75, 3.05) is 0 Å². The van der Waals surface area contributed by atoms with Gasteiger partial charge in [0.15, 0.2) is 0 Å². The molecule has 0 aromatic rings. The molecule has 2 unspecified atom stereocenters. The molecule has 2 fully saturated rings. The van der Waals surface area contributed by atoms with Crippen molar-refractivity contribution in [1.29, 1.82) is 0 Å². The molecule has 1 nitrogen and oxygen atoms in total. The third-order valence-electron chi connectivity index (χ3n) is 4.33. The Balaban J connectivity index is 1.76. The van der Waals surface area contributed by atoms with Crippen LogP contribution < -0.4 is 5.73 Å². The van der Waals surface area contributed by atoms with Crippen molar-refractivity contribution < 1.29 is 0 Å². The Morgan fingerprint density at radius 2 is 1.43 bits per heavy atom. The lowest BCUT2D eigenvalue weighted by atomic mass is 9.75. The highest BCUT2D eigenvalue weighted by Crippen LogP contribution is 2.34. The Labute approximate surface area is 88.4 Å². The fourth-order valence-electron chi connectivity index (χ4n) is 3.38. The lowest BCUT2D eigenvalue weighted by Crippen LogP contribution is -2.34. The number of hydrogen-bond acceptors (Lipinski definition) is 1.